The van der Waals surface area contributed by atoms with Crippen LogP contribution in [0.15, 0.2) is 12.1 Å². The fraction of sp³-hybridized carbons (Fsp3) is 0.533. The fourth-order valence-corrected chi connectivity index (χ4v) is 3.01. The maximum absolute atomic E-state index is 11.1. The summed E-state index contributed by atoms with van der Waals surface area (Å²) in [6.07, 6.45) is 6.51. The smallest absolute Gasteiger partial charge is 0.336 e. The average Bonchev–Trinajstić information content (AvgIpc) is 2.86. The lowest BCUT2D eigenvalue weighted by Gasteiger charge is -2.14. The molecule has 1 aliphatic rings. The maximum atomic E-state index is 11.1. The summed E-state index contributed by atoms with van der Waals surface area (Å²) >= 11 is 5.97. The summed E-state index contributed by atoms with van der Waals surface area (Å²) in [6.45, 7) is 2.70. The number of hydrogen-bond acceptors (Lipinski definition) is 2. The van der Waals surface area contributed by atoms with Crippen molar-refractivity contribution in [3.05, 3.63) is 28.3 Å². The second-order valence-corrected chi connectivity index (χ2v) is 5.73. The van der Waals surface area contributed by atoms with Crippen LogP contribution in [0, 0.1) is 12.8 Å². The maximum Gasteiger partial charge on any atom is 0.336 e. The third-order valence-electron chi connectivity index (χ3n) is 3.95. The van der Waals surface area contributed by atoms with E-state index in [0.29, 0.717) is 5.02 Å². The zero-order valence-electron chi connectivity index (χ0n) is 11.2. The Balaban J connectivity index is 2.00. The molecule has 3 nitrogen and oxygen atoms in total. The Kier molecular flexibility index (Phi) is 4.70. The van der Waals surface area contributed by atoms with Crippen LogP contribution in [0.4, 0.5) is 5.69 Å². The quantitative estimate of drug-likeness (QED) is 0.844. The monoisotopic (exact) mass is 281 g/mol. The van der Waals surface area contributed by atoms with Crippen LogP contribution in [0.2, 0.25) is 5.02 Å². The zero-order valence-corrected chi connectivity index (χ0v) is 12.0. The van der Waals surface area contributed by atoms with Gasteiger partial charge in [-0.1, -0.05) is 37.3 Å². The Labute approximate surface area is 119 Å². The predicted octanol–water partition coefficient (Wildman–Crippen LogP) is 4.34. The molecule has 4 heteroatoms. The Morgan fingerprint density at radius 3 is 2.74 bits per heavy atom. The number of carbonyl (C=O) groups is 1. The third kappa shape index (κ3) is 3.63. The van der Waals surface area contributed by atoms with Gasteiger partial charge in [-0.15, -0.1) is 0 Å². The Morgan fingerprint density at radius 1 is 1.42 bits per heavy atom. The highest BCUT2D eigenvalue weighted by atomic mass is 35.5. The van der Waals surface area contributed by atoms with Crippen molar-refractivity contribution in [3.8, 4) is 0 Å². The van der Waals surface area contributed by atoms with E-state index in [-0.39, 0.29) is 5.56 Å². The molecule has 2 N–H and O–H groups in total. The first kappa shape index (κ1) is 14.2. The van der Waals surface area contributed by atoms with Crippen LogP contribution in [0.5, 0.6) is 0 Å². The van der Waals surface area contributed by atoms with Gasteiger partial charge in [0.1, 0.15) is 0 Å². The lowest BCUT2D eigenvalue weighted by atomic mass is 10.0. The van der Waals surface area contributed by atoms with E-state index in [1.165, 1.54) is 31.7 Å². The molecule has 19 heavy (non-hydrogen) atoms. The Morgan fingerprint density at radius 2 is 2.11 bits per heavy atom. The van der Waals surface area contributed by atoms with E-state index in [1.54, 1.807) is 6.07 Å². The molecule has 1 fully saturated rings. The summed E-state index contributed by atoms with van der Waals surface area (Å²) < 4.78 is 0. The molecule has 0 bridgehead atoms. The van der Waals surface area contributed by atoms with Gasteiger partial charge in [-0.05, 0) is 37.0 Å². The summed E-state index contributed by atoms with van der Waals surface area (Å²) in [5.74, 6) is -0.107. The lowest BCUT2D eigenvalue weighted by Crippen LogP contribution is -2.09. The van der Waals surface area contributed by atoms with E-state index >= 15 is 0 Å². The molecule has 1 saturated carbocycles. The second-order valence-electron chi connectivity index (χ2n) is 5.30. The molecule has 1 aromatic rings. The van der Waals surface area contributed by atoms with Gasteiger partial charge in [0.15, 0.2) is 0 Å². The highest BCUT2D eigenvalue weighted by molar-refractivity contribution is 6.31. The van der Waals surface area contributed by atoms with Crippen molar-refractivity contribution in [2.24, 2.45) is 5.92 Å². The van der Waals surface area contributed by atoms with Crippen molar-refractivity contribution in [3.63, 3.8) is 0 Å². The normalized spacial score (nSPS) is 15.7. The van der Waals surface area contributed by atoms with Crippen LogP contribution < -0.4 is 5.32 Å². The Hall–Kier alpha value is -1.22. The predicted molar refractivity (Wildman–Crippen MR) is 78.2 cm³/mol. The van der Waals surface area contributed by atoms with Gasteiger partial charge in [0.05, 0.1) is 5.56 Å². The number of benzene rings is 1. The van der Waals surface area contributed by atoms with Gasteiger partial charge >= 0.3 is 5.97 Å². The van der Waals surface area contributed by atoms with Crippen molar-refractivity contribution in [2.45, 2.75) is 39.0 Å². The highest BCUT2D eigenvalue weighted by Gasteiger charge is 2.15. The first-order chi connectivity index (χ1) is 9.08. The van der Waals surface area contributed by atoms with Crippen LogP contribution in [-0.4, -0.2) is 17.6 Å². The Bertz CT molecular complexity index is 467. The zero-order chi connectivity index (χ0) is 13.8. The lowest BCUT2D eigenvalue weighted by molar-refractivity contribution is 0.0696. The van der Waals surface area contributed by atoms with Crippen molar-refractivity contribution < 1.29 is 9.90 Å². The minimum atomic E-state index is -0.932. The summed E-state index contributed by atoms with van der Waals surface area (Å²) in [6, 6.07) is 3.30. The van der Waals surface area contributed by atoms with Crippen molar-refractivity contribution >= 4 is 23.3 Å². The van der Waals surface area contributed by atoms with Gasteiger partial charge in [0.25, 0.3) is 0 Å². The van der Waals surface area contributed by atoms with Gasteiger partial charge in [-0.3, -0.25) is 0 Å². The molecular weight excluding hydrogens is 262 g/mol. The average molecular weight is 282 g/mol. The summed E-state index contributed by atoms with van der Waals surface area (Å²) in [7, 11) is 0. The highest BCUT2D eigenvalue weighted by Crippen LogP contribution is 2.28. The minimum absolute atomic E-state index is 0.274. The minimum Gasteiger partial charge on any atom is -0.478 e. The van der Waals surface area contributed by atoms with Crippen LogP contribution in [-0.2, 0) is 0 Å². The van der Waals surface area contributed by atoms with Gasteiger partial charge in [-0.2, -0.15) is 0 Å². The number of nitrogens with one attached hydrogen (secondary N) is 1. The molecule has 0 aromatic heterocycles. The second kappa shape index (κ2) is 6.29. The number of rotatable bonds is 5. The topological polar surface area (TPSA) is 49.3 Å². The van der Waals surface area contributed by atoms with Gasteiger partial charge < -0.3 is 10.4 Å². The number of hydrogen-bond donors (Lipinski definition) is 2. The molecule has 0 saturated heterocycles. The molecule has 2 rings (SSSR count). The van der Waals surface area contributed by atoms with Crippen molar-refractivity contribution in [2.75, 3.05) is 11.9 Å². The first-order valence-corrected chi connectivity index (χ1v) is 7.23. The molecule has 1 aromatic carbocycles. The van der Waals surface area contributed by atoms with Crippen molar-refractivity contribution in [1.29, 1.82) is 0 Å². The third-order valence-corrected chi connectivity index (χ3v) is 4.16. The molecule has 1 aliphatic carbocycles. The first-order valence-electron chi connectivity index (χ1n) is 6.85. The van der Waals surface area contributed by atoms with Crippen LogP contribution in [0.1, 0.15) is 48.0 Å². The van der Waals surface area contributed by atoms with Crippen LogP contribution in [0.3, 0.4) is 0 Å². The summed E-state index contributed by atoms with van der Waals surface area (Å²) in [5.41, 5.74) is 1.86. The number of halogens is 1. The molecule has 0 atom stereocenters. The number of carboxylic acids is 1. The molecule has 0 heterocycles. The van der Waals surface area contributed by atoms with Crippen molar-refractivity contribution in [1.82, 2.24) is 0 Å². The summed E-state index contributed by atoms with van der Waals surface area (Å²) in [5, 5.41) is 12.9. The number of aromatic carboxylic acids is 1. The summed E-state index contributed by atoms with van der Waals surface area (Å²) in [4.78, 5) is 11.1. The molecule has 0 radical (unpaired) electrons. The largest absolute Gasteiger partial charge is 0.478 e. The van der Waals surface area contributed by atoms with E-state index in [1.807, 2.05) is 6.92 Å². The SMILES string of the molecule is Cc1c(NCCC2CCCC2)cc(Cl)cc1C(=O)O. The molecular formula is C15H20ClNO2. The van der Waals surface area contributed by atoms with E-state index < -0.39 is 5.97 Å². The fourth-order valence-electron chi connectivity index (χ4n) is 2.79. The van der Waals surface area contributed by atoms with Gasteiger partial charge in [-0.25, -0.2) is 4.79 Å². The van der Waals surface area contributed by atoms with Crippen LogP contribution in [0.25, 0.3) is 0 Å². The van der Waals surface area contributed by atoms with E-state index in [9.17, 15) is 4.79 Å². The van der Waals surface area contributed by atoms with Gasteiger partial charge in [0.2, 0.25) is 0 Å². The standard InChI is InChI=1S/C15H20ClNO2/c1-10-13(15(18)19)8-12(16)9-14(10)17-7-6-11-4-2-3-5-11/h8-9,11,17H,2-7H2,1H3,(H,18,19). The van der Waals surface area contributed by atoms with Gasteiger partial charge in [0, 0.05) is 17.3 Å². The molecule has 0 aliphatic heterocycles. The number of anilines is 1. The van der Waals surface area contributed by atoms with E-state index in [4.69, 9.17) is 16.7 Å². The van der Waals surface area contributed by atoms with E-state index in [2.05, 4.69) is 5.32 Å². The number of carboxylic acid groups (broad SMARTS) is 1. The van der Waals surface area contributed by atoms with E-state index in [0.717, 1.165) is 30.1 Å². The molecule has 0 unspecified atom stereocenters. The molecule has 0 amide bonds. The molecule has 0 spiro atoms. The molecule has 104 valence electrons. The van der Waals surface area contributed by atoms with Crippen LogP contribution >= 0.6 is 11.6 Å².